The summed E-state index contributed by atoms with van der Waals surface area (Å²) in [6.45, 7) is 5.28. The van der Waals surface area contributed by atoms with Gasteiger partial charge in [-0.1, -0.05) is 0 Å². The SMILES string of the molecule is CCOC(=O)C1CCCN1C(=O)CCCCC(=O)N1CCC[C@@H]1C(=O)OCC. The van der Waals surface area contributed by atoms with Crippen molar-refractivity contribution in [3.8, 4) is 0 Å². The Morgan fingerprint density at radius 1 is 0.750 bits per heavy atom. The Hall–Kier alpha value is -2.12. The molecule has 0 aliphatic carbocycles. The molecule has 0 aromatic carbocycles. The molecule has 0 aromatic rings. The molecule has 0 spiro atoms. The Morgan fingerprint density at radius 3 is 1.50 bits per heavy atom. The lowest BCUT2D eigenvalue weighted by molar-refractivity contribution is -0.153. The Bertz CT molecular complexity index is 529. The van der Waals surface area contributed by atoms with Gasteiger partial charge in [0.05, 0.1) is 13.2 Å². The van der Waals surface area contributed by atoms with E-state index >= 15 is 0 Å². The van der Waals surface area contributed by atoms with Crippen LogP contribution in [0, 0.1) is 0 Å². The quantitative estimate of drug-likeness (QED) is 0.435. The monoisotopic (exact) mass is 396 g/mol. The second-order valence-corrected chi connectivity index (χ2v) is 7.20. The molecule has 2 amide bonds. The maximum Gasteiger partial charge on any atom is 0.328 e. The summed E-state index contributed by atoms with van der Waals surface area (Å²) in [6.07, 6.45) is 4.68. The Morgan fingerprint density at radius 2 is 1.14 bits per heavy atom. The van der Waals surface area contributed by atoms with Crippen molar-refractivity contribution in [2.24, 2.45) is 0 Å². The lowest BCUT2D eigenvalue weighted by Gasteiger charge is -2.24. The predicted molar refractivity (Wildman–Crippen MR) is 101 cm³/mol. The summed E-state index contributed by atoms with van der Waals surface area (Å²) in [7, 11) is 0. The van der Waals surface area contributed by atoms with E-state index in [-0.39, 0.29) is 23.8 Å². The van der Waals surface area contributed by atoms with Crippen molar-refractivity contribution in [2.45, 2.75) is 77.3 Å². The first-order valence-corrected chi connectivity index (χ1v) is 10.4. The van der Waals surface area contributed by atoms with E-state index in [9.17, 15) is 19.2 Å². The minimum absolute atomic E-state index is 0.0615. The summed E-state index contributed by atoms with van der Waals surface area (Å²) in [4.78, 5) is 52.0. The molecule has 2 saturated heterocycles. The largest absolute Gasteiger partial charge is 0.464 e. The highest BCUT2D eigenvalue weighted by molar-refractivity contribution is 5.86. The van der Waals surface area contributed by atoms with Gasteiger partial charge in [0.25, 0.3) is 0 Å². The highest BCUT2D eigenvalue weighted by Gasteiger charge is 2.36. The Kier molecular flexibility index (Phi) is 8.73. The molecule has 2 rings (SSSR count). The third-order valence-corrected chi connectivity index (χ3v) is 5.29. The summed E-state index contributed by atoms with van der Waals surface area (Å²) in [5, 5.41) is 0. The molecule has 8 nitrogen and oxygen atoms in total. The molecule has 2 aliphatic heterocycles. The number of amides is 2. The average molecular weight is 396 g/mol. The molecule has 2 aliphatic rings. The Labute approximate surface area is 166 Å². The maximum absolute atomic E-state index is 12.4. The molecule has 2 atom stereocenters. The van der Waals surface area contributed by atoms with E-state index in [0.717, 1.165) is 12.8 Å². The number of carbonyl (C=O) groups is 4. The molecule has 0 radical (unpaired) electrons. The number of ether oxygens (including phenoxy) is 2. The van der Waals surface area contributed by atoms with Crippen molar-refractivity contribution in [2.75, 3.05) is 26.3 Å². The van der Waals surface area contributed by atoms with E-state index in [1.165, 1.54) is 0 Å². The fourth-order valence-electron chi connectivity index (χ4n) is 3.94. The van der Waals surface area contributed by atoms with E-state index < -0.39 is 12.1 Å². The minimum Gasteiger partial charge on any atom is -0.464 e. The fourth-order valence-corrected chi connectivity index (χ4v) is 3.94. The van der Waals surface area contributed by atoms with Crippen LogP contribution in [0.3, 0.4) is 0 Å². The van der Waals surface area contributed by atoms with Gasteiger partial charge >= 0.3 is 11.9 Å². The molecular weight excluding hydrogens is 364 g/mol. The smallest absolute Gasteiger partial charge is 0.328 e. The number of likely N-dealkylation sites (tertiary alicyclic amines) is 2. The molecule has 0 saturated carbocycles. The van der Waals surface area contributed by atoms with E-state index in [1.54, 1.807) is 23.6 Å². The van der Waals surface area contributed by atoms with E-state index in [2.05, 4.69) is 0 Å². The van der Waals surface area contributed by atoms with Crippen LogP contribution in [0.1, 0.15) is 65.2 Å². The van der Waals surface area contributed by atoms with E-state index in [1.807, 2.05) is 0 Å². The van der Waals surface area contributed by atoms with Crippen LogP contribution in [-0.2, 0) is 28.7 Å². The molecule has 8 heteroatoms. The topological polar surface area (TPSA) is 93.2 Å². The average Bonchev–Trinajstić information content (AvgIpc) is 3.34. The van der Waals surface area contributed by atoms with Crippen LogP contribution in [0.15, 0.2) is 0 Å². The first-order valence-electron chi connectivity index (χ1n) is 10.4. The zero-order chi connectivity index (χ0) is 20.5. The van der Waals surface area contributed by atoms with Gasteiger partial charge in [0, 0.05) is 25.9 Å². The summed E-state index contributed by atoms with van der Waals surface area (Å²) in [6, 6.07) is -0.937. The van der Waals surface area contributed by atoms with Gasteiger partial charge in [-0.3, -0.25) is 9.59 Å². The molecule has 2 fully saturated rings. The second kappa shape index (κ2) is 11.0. The molecule has 1 unspecified atom stereocenters. The van der Waals surface area contributed by atoms with Crippen LogP contribution in [0.4, 0.5) is 0 Å². The van der Waals surface area contributed by atoms with Gasteiger partial charge in [-0.05, 0) is 52.4 Å². The van der Waals surface area contributed by atoms with Crippen LogP contribution in [-0.4, -0.2) is 71.9 Å². The third-order valence-electron chi connectivity index (χ3n) is 5.29. The fraction of sp³-hybridized carbons (Fsp3) is 0.800. The zero-order valence-electron chi connectivity index (χ0n) is 17.0. The zero-order valence-corrected chi connectivity index (χ0v) is 17.0. The predicted octanol–water partition coefficient (Wildman–Crippen LogP) is 1.65. The van der Waals surface area contributed by atoms with Gasteiger partial charge in [0.15, 0.2) is 0 Å². The number of esters is 2. The molecule has 0 N–H and O–H groups in total. The number of unbranched alkanes of at least 4 members (excludes halogenated alkanes) is 1. The maximum atomic E-state index is 12.4. The molecule has 0 aromatic heterocycles. The van der Waals surface area contributed by atoms with Gasteiger partial charge in [0.2, 0.25) is 11.8 Å². The molecule has 28 heavy (non-hydrogen) atoms. The van der Waals surface area contributed by atoms with Gasteiger partial charge in [-0.15, -0.1) is 0 Å². The first-order chi connectivity index (χ1) is 13.5. The first kappa shape index (κ1) is 22.2. The second-order valence-electron chi connectivity index (χ2n) is 7.20. The van der Waals surface area contributed by atoms with Crippen LogP contribution >= 0.6 is 0 Å². The normalized spacial score (nSPS) is 21.6. The van der Waals surface area contributed by atoms with Crippen molar-refractivity contribution in [3.05, 3.63) is 0 Å². The van der Waals surface area contributed by atoms with Gasteiger partial charge in [-0.25, -0.2) is 9.59 Å². The van der Waals surface area contributed by atoms with Crippen molar-refractivity contribution >= 4 is 23.8 Å². The summed E-state index contributed by atoms with van der Waals surface area (Å²) < 4.78 is 10.1. The summed E-state index contributed by atoms with van der Waals surface area (Å²) >= 11 is 0. The number of hydrogen-bond donors (Lipinski definition) is 0. The number of hydrogen-bond acceptors (Lipinski definition) is 6. The highest BCUT2D eigenvalue weighted by Crippen LogP contribution is 2.22. The van der Waals surface area contributed by atoms with Gasteiger partial charge in [-0.2, -0.15) is 0 Å². The number of carbonyl (C=O) groups excluding carboxylic acids is 4. The van der Waals surface area contributed by atoms with Crippen molar-refractivity contribution in [1.82, 2.24) is 9.80 Å². The van der Waals surface area contributed by atoms with Crippen molar-refractivity contribution < 1.29 is 28.7 Å². The lowest BCUT2D eigenvalue weighted by atomic mass is 10.1. The van der Waals surface area contributed by atoms with Gasteiger partial charge < -0.3 is 19.3 Å². The van der Waals surface area contributed by atoms with Crippen LogP contribution in [0.5, 0.6) is 0 Å². The minimum atomic E-state index is -0.469. The van der Waals surface area contributed by atoms with E-state index in [4.69, 9.17) is 9.47 Å². The summed E-state index contributed by atoms with van der Waals surface area (Å²) in [5.41, 5.74) is 0. The van der Waals surface area contributed by atoms with Crippen molar-refractivity contribution in [1.29, 1.82) is 0 Å². The highest BCUT2D eigenvalue weighted by atomic mass is 16.5. The van der Waals surface area contributed by atoms with Crippen molar-refractivity contribution in [3.63, 3.8) is 0 Å². The van der Waals surface area contributed by atoms with E-state index in [0.29, 0.717) is 64.8 Å². The van der Waals surface area contributed by atoms with Crippen LogP contribution < -0.4 is 0 Å². The molecule has 158 valence electrons. The summed E-state index contributed by atoms with van der Waals surface area (Å²) in [5.74, 6) is -0.785. The molecular formula is C20H32N2O6. The lowest BCUT2D eigenvalue weighted by Crippen LogP contribution is -2.41. The number of nitrogens with zero attached hydrogens (tertiary/aromatic N) is 2. The molecule has 2 heterocycles. The Balaban J connectivity index is 1.73. The van der Waals surface area contributed by atoms with Crippen LogP contribution in [0.25, 0.3) is 0 Å². The van der Waals surface area contributed by atoms with Crippen LogP contribution in [0.2, 0.25) is 0 Å². The number of rotatable bonds is 9. The van der Waals surface area contributed by atoms with Gasteiger partial charge in [0.1, 0.15) is 12.1 Å². The third kappa shape index (κ3) is 5.69. The standard InChI is InChI=1S/C20H32N2O6/c1-3-27-19(25)15-9-7-13-21(15)17(23)11-5-6-12-18(24)22-14-8-10-16(22)20(26)28-4-2/h15-16H,3-14H2,1-2H3/t15-,16?/m1/s1. The molecule has 0 bridgehead atoms.